The highest BCUT2D eigenvalue weighted by molar-refractivity contribution is 7.22. The summed E-state index contributed by atoms with van der Waals surface area (Å²) in [6, 6.07) is 19.0. The molecule has 586 valence electrons. The summed E-state index contributed by atoms with van der Waals surface area (Å²) < 4.78 is 19.9. The van der Waals surface area contributed by atoms with E-state index in [9.17, 15) is 79.2 Å². The highest BCUT2D eigenvalue weighted by atomic mass is 32.1. The van der Waals surface area contributed by atoms with Crippen LogP contribution in [0.15, 0.2) is 90.6 Å². The number of nitrogens with zero attached hydrogens (tertiary/aromatic N) is 5. The van der Waals surface area contributed by atoms with Crippen molar-refractivity contribution in [3.8, 4) is 0 Å². The Bertz CT molecular complexity index is 4270. The number of nitrogens with one attached hydrogen (secondary N) is 6. The molecule has 12 rings (SSSR count). The zero-order valence-electron chi connectivity index (χ0n) is 62.0. The summed E-state index contributed by atoms with van der Waals surface area (Å²) >= 11 is 1.38. The first-order chi connectivity index (χ1) is 51.8. The van der Waals surface area contributed by atoms with Gasteiger partial charge in [0.2, 0.25) is 17.7 Å². The maximum Gasteiger partial charge on any atom is 0.410 e. The van der Waals surface area contributed by atoms with Crippen LogP contribution in [0.25, 0.3) is 15.8 Å². The third-order valence-electron chi connectivity index (χ3n) is 21.9. The number of para-hydroxylation sites is 1. The normalized spacial score (nSPS) is 24.8. The lowest BCUT2D eigenvalue weighted by atomic mass is 9.39. The molecule has 0 spiro atoms. The molecule has 4 bridgehead atoms. The largest absolute Gasteiger partial charge is 0.476 e. The molecule has 14 N–H and O–H groups in total. The number of aliphatic hydroxyl groups excluding tert-OH is 6. The standard InChI is InChI=1S/C78H99N11O19S/c1-43(2)65(85-62(95)34-89-63(96)20-21-64(89)97)70(100)81-45(4)68(98)82-49-16-14-48(47(30-49)15-18-59-57(93)31-58(94)67(108-59)72(103)104)35-106-74(105)87(26-23-55(91)56(92)24-28-90)27-29-107-78-39-75(5)36-76(6,40-78)38-77(37-75,41-78)42-80-44(3)52(32-79)50-17-19-61(84-66(50)71(101)102)88-25-22-46-10-9-11-51(53(46)33-88)69(99)86-73-83-54-12-7-8-13-60(54)109-73/h7-14,16-17,19-21,30,32,43,45,55-59,65,67,72,79-80,90-94,103-104H,15,18,22-29,31,33-42H2,1-6H3,(H,81,100)(H,82,98)(H,85,95)(H,101,102)(H,83,86,99)/b52-44+,79-32?/t45-,55+,56+,57+,58?,59-,65-,67-,75?,76?,77?,78?/m0/s1. The Kier molecular flexibility index (Phi) is 25.2. The Morgan fingerprint density at radius 2 is 1.54 bits per heavy atom. The lowest BCUT2D eigenvalue weighted by Gasteiger charge is -2.69. The monoisotopic (exact) mass is 1530 g/mol. The van der Waals surface area contributed by atoms with Crippen LogP contribution in [0.5, 0.6) is 0 Å². The zero-order valence-corrected chi connectivity index (χ0v) is 62.8. The number of aromatic nitrogens is 2. The number of fused-ring (bicyclic) bond motifs is 2. The smallest absolute Gasteiger partial charge is 0.410 e. The number of pyridine rings is 1. The van der Waals surface area contributed by atoms with Crippen LogP contribution in [0.3, 0.4) is 0 Å². The summed E-state index contributed by atoms with van der Waals surface area (Å²) in [5, 5.41) is 107. The van der Waals surface area contributed by atoms with Crippen molar-refractivity contribution in [2.45, 2.75) is 192 Å². The van der Waals surface area contributed by atoms with Crippen LogP contribution < -0.4 is 31.5 Å². The number of hydrogen-bond acceptors (Lipinski definition) is 24. The van der Waals surface area contributed by atoms with Crippen molar-refractivity contribution in [2.24, 2.45) is 22.2 Å². The fourth-order valence-electron chi connectivity index (χ4n) is 17.7. The second kappa shape index (κ2) is 34.0. The molecular weight excluding hydrogens is 1430 g/mol. The predicted molar refractivity (Wildman–Crippen MR) is 402 cm³/mol. The Balaban J connectivity index is 0.764. The number of rotatable bonds is 33. The summed E-state index contributed by atoms with van der Waals surface area (Å²) in [7, 11) is 0. The number of allylic oxidation sites excluding steroid dienone is 2. The molecule has 109 heavy (non-hydrogen) atoms. The van der Waals surface area contributed by atoms with Crippen molar-refractivity contribution >= 4 is 97.5 Å². The van der Waals surface area contributed by atoms with Crippen molar-refractivity contribution in [2.75, 3.05) is 61.5 Å². The molecule has 2 aromatic heterocycles. The summed E-state index contributed by atoms with van der Waals surface area (Å²) in [4.78, 5) is 120. The SMILES string of the molecule is C/C(NCC12CC3(C)CC(C)(C1)CC(OCCN(CC[C@@H](O)[C@H](O)CCO)C(=O)OCc1ccc(NC(=O)[C@H](C)NC(=O)[C@@H](NC(=O)CN4C(=O)C=CC4=O)C(C)C)cc1CC[C@@H]1O[C@H](C(O)O)C(O)C[C@H]1O)(C3)C2)=C(/C=N)c1ccc(N2CCc3cccc(C(=O)Nc4nc5ccccc5s4)c3C2)nc1C(=O)O. The first kappa shape index (κ1) is 80.9. The van der Waals surface area contributed by atoms with Crippen LogP contribution in [0.2, 0.25) is 0 Å². The molecule has 3 unspecified atom stereocenters. The van der Waals surface area contributed by atoms with E-state index in [0.29, 0.717) is 76.3 Å². The molecule has 0 radical (unpaired) electrons. The first-order valence-corrected chi connectivity index (χ1v) is 37.8. The van der Waals surface area contributed by atoms with E-state index in [1.54, 1.807) is 44.2 Å². The van der Waals surface area contributed by atoms with E-state index in [0.717, 1.165) is 71.8 Å². The molecule has 7 aliphatic rings. The number of hydrogen-bond donors (Lipinski definition) is 14. The molecule has 3 aliphatic heterocycles. The molecule has 4 aliphatic carbocycles. The molecule has 7 amide bonds. The third-order valence-corrected chi connectivity index (χ3v) is 22.9. The summed E-state index contributed by atoms with van der Waals surface area (Å²) in [6.07, 6.45) is -2.36. The Hall–Kier alpha value is -9.15. The van der Waals surface area contributed by atoms with E-state index < -0.39 is 121 Å². The molecule has 31 heteroatoms. The molecular formula is C78H99N11O19S. The van der Waals surface area contributed by atoms with E-state index in [1.165, 1.54) is 29.2 Å². The van der Waals surface area contributed by atoms with Crippen LogP contribution >= 0.6 is 11.3 Å². The van der Waals surface area contributed by atoms with E-state index in [4.69, 9.17) is 24.6 Å². The summed E-state index contributed by atoms with van der Waals surface area (Å²) in [5.74, 6) is -5.22. The number of imide groups is 1. The quantitative estimate of drug-likeness (QED) is 0.0148. The van der Waals surface area contributed by atoms with Gasteiger partial charge in [-0.1, -0.05) is 69.4 Å². The second-order valence-corrected chi connectivity index (χ2v) is 32.2. The minimum Gasteiger partial charge on any atom is -0.476 e. The Morgan fingerprint density at radius 3 is 2.23 bits per heavy atom. The second-order valence-electron chi connectivity index (χ2n) is 31.2. The van der Waals surface area contributed by atoms with Crippen LogP contribution in [0, 0.1) is 27.6 Å². The molecule has 10 atom stereocenters. The number of aromatic carboxylic acids is 1. The predicted octanol–water partition coefficient (Wildman–Crippen LogP) is 5.08. The van der Waals surface area contributed by atoms with Gasteiger partial charge in [-0.05, 0) is 171 Å². The molecule has 5 fully saturated rings. The fraction of sp³-hybridized carbons (Fsp3) is 0.526. The number of carbonyl (C=O) groups excluding carboxylic acids is 7. The number of carboxylic acids is 1. The fourth-order valence-corrected chi connectivity index (χ4v) is 18.5. The number of benzene rings is 3. The highest BCUT2D eigenvalue weighted by Crippen LogP contribution is 2.71. The van der Waals surface area contributed by atoms with Gasteiger partial charge in [-0.25, -0.2) is 19.6 Å². The van der Waals surface area contributed by atoms with Gasteiger partial charge in [-0.15, -0.1) is 0 Å². The van der Waals surface area contributed by atoms with Gasteiger partial charge in [0.25, 0.3) is 17.7 Å². The Labute approximate surface area is 634 Å². The van der Waals surface area contributed by atoms with Crippen molar-refractivity contribution in [3.63, 3.8) is 0 Å². The number of carbonyl (C=O) groups is 8. The summed E-state index contributed by atoms with van der Waals surface area (Å²) in [5.41, 5.74) is 3.87. The van der Waals surface area contributed by atoms with Crippen molar-refractivity contribution in [3.05, 3.63) is 130 Å². The maximum absolute atomic E-state index is 14.6. The minimum absolute atomic E-state index is 0.0177. The average molecular weight is 1530 g/mol. The molecule has 5 heterocycles. The highest BCUT2D eigenvalue weighted by Gasteiger charge is 2.66. The molecule has 5 aromatic rings. The maximum atomic E-state index is 14.6. The average Bonchev–Trinajstić information content (AvgIpc) is 1.03. The number of aliphatic hydroxyl groups is 7. The van der Waals surface area contributed by atoms with Crippen molar-refractivity contribution in [1.29, 1.82) is 5.41 Å². The first-order valence-electron chi connectivity index (χ1n) is 37.0. The van der Waals surface area contributed by atoms with Gasteiger partial charge < -0.3 is 91.5 Å². The number of carboxylic acid groups (broad SMARTS) is 1. The van der Waals surface area contributed by atoms with Gasteiger partial charge in [0.15, 0.2) is 17.1 Å². The summed E-state index contributed by atoms with van der Waals surface area (Å²) in [6.45, 7) is 10.9. The van der Waals surface area contributed by atoms with Gasteiger partial charge in [0.1, 0.15) is 37.2 Å². The zero-order chi connectivity index (χ0) is 78.4. The van der Waals surface area contributed by atoms with Gasteiger partial charge in [-0.2, -0.15) is 0 Å². The van der Waals surface area contributed by atoms with Crippen molar-refractivity contribution < 1.29 is 93.4 Å². The van der Waals surface area contributed by atoms with Crippen LogP contribution in [0.1, 0.15) is 154 Å². The molecule has 1 saturated heterocycles. The van der Waals surface area contributed by atoms with Gasteiger partial charge in [0, 0.05) is 92.2 Å². The van der Waals surface area contributed by atoms with E-state index in [2.05, 4.69) is 45.4 Å². The number of ether oxygens (including phenoxy) is 3. The van der Waals surface area contributed by atoms with Gasteiger partial charge >= 0.3 is 12.1 Å². The lowest BCUT2D eigenvalue weighted by molar-refractivity contribution is -0.243. The minimum atomic E-state index is -2.07. The molecule has 3 aromatic carbocycles. The van der Waals surface area contributed by atoms with Gasteiger partial charge in [-0.3, -0.25) is 39.0 Å². The van der Waals surface area contributed by atoms with E-state index in [-0.39, 0.29) is 97.5 Å². The van der Waals surface area contributed by atoms with Crippen molar-refractivity contribution in [1.82, 2.24) is 35.7 Å². The number of aryl methyl sites for hydroxylation is 1. The topological polar surface area (TPSA) is 446 Å². The lowest BCUT2D eigenvalue weighted by Crippen LogP contribution is -2.65. The van der Waals surface area contributed by atoms with Gasteiger partial charge in [0.05, 0.1) is 52.9 Å². The molecule has 4 saturated carbocycles. The van der Waals surface area contributed by atoms with Crippen LogP contribution in [0.4, 0.5) is 21.4 Å². The van der Waals surface area contributed by atoms with E-state index >= 15 is 0 Å². The Morgan fingerprint density at radius 1 is 0.817 bits per heavy atom. The third kappa shape index (κ3) is 19.0. The number of thiazole rings is 1. The number of amides is 7. The molecule has 30 nitrogen and oxygen atoms in total. The van der Waals surface area contributed by atoms with Crippen LogP contribution in [-0.4, -0.2) is 221 Å². The van der Waals surface area contributed by atoms with Crippen LogP contribution in [-0.2, 0) is 64.2 Å². The van der Waals surface area contributed by atoms with E-state index in [1.807, 2.05) is 48.2 Å². The number of anilines is 3.